The van der Waals surface area contributed by atoms with Crippen LogP contribution in [0.3, 0.4) is 0 Å². The maximum absolute atomic E-state index is 12.3. The molecule has 2 aromatic rings. The van der Waals surface area contributed by atoms with Crippen molar-refractivity contribution in [1.29, 1.82) is 0 Å². The zero-order chi connectivity index (χ0) is 17.0. The summed E-state index contributed by atoms with van der Waals surface area (Å²) in [6.07, 6.45) is 0. The number of hydrogen-bond acceptors (Lipinski definition) is 3. The van der Waals surface area contributed by atoms with Crippen molar-refractivity contribution in [3.63, 3.8) is 0 Å². The van der Waals surface area contributed by atoms with Gasteiger partial charge in [0.05, 0.1) is 10.9 Å². The Morgan fingerprint density at radius 3 is 2.17 bits per heavy atom. The minimum atomic E-state index is -3.74. The molecular weight excluding hydrogens is 380 g/mol. The van der Waals surface area contributed by atoms with Gasteiger partial charge in [0, 0.05) is 10.2 Å². The molecule has 23 heavy (non-hydrogen) atoms. The fourth-order valence-electron chi connectivity index (χ4n) is 1.86. The molecule has 0 aliphatic rings. The van der Waals surface area contributed by atoms with E-state index in [9.17, 15) is 13.2 Å². The lowest BCUT2D eigenvalue weighted by atomic mass is 10.2. The van der Waals surface area contributed by atoms with E-state index >= 15 is 0 Å². The van der Waals surface area contributed by atoms with Crippen molar-refractivity contribution >= 4 is 37.5 Å². The van der Waals surface area contributed by atoms with E-state index in [0.29, 0.717) is 5.69 Å². The van der Waals surface area contributed by atoms with E-state index in [1.807, 2.05) is 6.92 Å². The van der Waals surface area contributed by atoms with E-state index in [4.69, 9.17) is 0 Å². The van der Waals surface area contributed by atoms with Gasteiger partial charge in [0.2, 0.25) is 15.9 Å². The largest absolute Gasteiger partial charge is 0.325 e. The highest BCUT2D eigenvalue weighted by Gasteiger charge is 2.22. The lowest BCUT2D eigenvalue weighted by Gasteiger charge is -2.14. The van der Waals surface area contributed by atoms with Crippen LogP contribution in [0, 0.1) is 6.92 Å². The summed E-state index contributed by atoms with van der Waals surface area (Å²) in [6, 6.07) is 12.6. The van der Waals surface area contributed by atoms with Crippen LogP contribution in [0.5, 0.6) is 0 Å². The Labute approximate surface area is 144 Å². The molecule has 1 atom stereocenters. The van der Waals surface area contributed by atoms with Gasteiger partial charge >= 0.3 is 0 Å². The van der Waals surface area contributed by atoms with Gasteiger partial charge in [-0.3, -0.25) is 4.79 Å². The lowest BCUT2D eigenvalue weighted by Crippen LogP contribution is -2.41. The van der Waals surface area contributed by atoms with E-state index in [1.54, 1.807) is 36.4 Å². The second kappa shape index (κ2) is 7.25. The molecule has 1 unspecified atom stereocenters. The van der Waals surface area contributed by atoms with Crippen molar-refractivity contribution in [1.82, 2.24) is 4.72 Å². The molecule has 0 radical (unpaired) electrons. The molecule has 7 heteroatoms. The van der Waals surface area contributed by atoms with E-state index in [0.717, 1.165) is 10.0 Å². The number of amides is 1. The molecule has 1 amide bonds. The van der Waals surface area contributed by atoms with Crippen LogP contribution in [0.25, 0.3) is 0 Å². The fraction of sp³-hybridized carbons (Fsp3) is 0.188. The van der Waals surface area contributed by atoms with Crippen LogP contribution in [0.15, 0.2) is 57.9 Å². The topological polar surface area (TPSA) is 75.3 Å². The van der Waals surface area contributed by atoms with Gasteiger partial charge < -0.3 is 5.32 Å². The van der Waals surface area contributed by atoms with Gasteiger partial charge in [0.1, 0.15) is 0 Å². The fourth-order valence-corrected chi connectivity index (χ4v) is 3.32. The Morgan fingerprint density at radius 1 is 1.04 bits per heavy atom. The maximum Gasteiger partial charge on any atom is 0.242 e. The highest BCUT2D eigenvalue weighted by molar-refractivity contribution is 9.10. The third-order valence-electron chi connectivity index (χ3n) is 3.17. The van der Waals surface area contributed by atoms with Gasteiger partial charge in [0.25, 0.3) is 0 Å². The summed E-state index contributed by atoms with van der Waals surface area (Å²) in [5.74, 6) is -0.428. The quantitative estimate of drug-likeness (QED) is 0.815. The molecule has 0 aliphatic carbocycles. The summed E-state index contributed by atoms with van der Waals surface area (Å²) in [5.41, 5.74) is 1.56. The second-order valence-corrected chi connectivity index (χ2v) is 7.78. The van der Waals surface area contributed by atoms with Gasteiger partial charge in [-0.1, -0.05) is 33.6 Å². The third-order valence-corrected chi connectivity index (χ3v) is 5.25. The Morgan fingerprint density at radius 2 is 1.61 bits per heavy atom. The average Bonchev–Trinajstić information content (AvgIpc) is 2.49. The number of rotatable bonds is 5. The predicted octanol–water partition coefficient (Wildman–Crippen LogP) is 3.06. The standard InChI is InChI=1S/C16H17BrN2O3S/c1-11-3-9-15(10-4-11)23(21,22)19-12(2)16(20)18-14-7-5-13(17)6-8-14/h3-10,12,19H,1-2H3,(H,18,20). The van der Waals surface area contributed by atoms with Crippen molar-refractivity contribution in [2.75, 3.05) is 5.32 Å². The van der Waals surface area contributed by atoms with Crippen molar-refractivity contribution < 1.29 is 13.2 Å². The number of aryl methyl sites for hydroxylation is 1. The first-order valence-electron chi connectivity index (χ1n) is 6.93. The van der Waals surface area contributed by atoms with Crippen molar-refractivity contribution in [2.24, 2.45) is 0 Å². The van der Waals surface area contributed by atoms with Gasteiger partial charge in [-0.2, -0.15) is 4.72 Å². The first-order chi connectivity index (χ1) is 10.8. The molecule has 0 saturated carbocycles. The monoisotopic (exact) mass is 396 g/mol. The Kier molecular flexibility index (Phi) is 5.56. The normalized spacial score (nSPS) is 12.7. The van der Waals surface area contributed by atoms with Crippen LogP contribution < -0.4 is 10.0 Å². The molecule has 5 nitrogen and oxygen atoms in total. The first kappa shape index (κ1) is 17.7. The summed E-state index contributed by atoms with van der Waals surface area (Å²) in [4.78, 5) is 12.2. The molecule has 0 spiro atoms. The SMILES string of the molecule is Cc1ccc(S(=O)(=O)NC(C)C(=O)Nc2ccc(Br)cc2)cc1. The van der Waals surface area contributed by atoms with Crippen LogP contribution in [-0.2, 0) is 14.8 Å². The molecule has 0 heterocycles. The summed E-state index contributed by atoms with van der Waals surface area (Å²) in [6.45, 7) is 3.37. The molecule has 0 bridgehead atoms. The number of hydrogen-bond donors (Lipinski definition) is 2. The van der Waals surface area contributed by atoms with Crippen molar-refractivity contribution in [2.45, 2.75) is 24.8 Å². The summed E-state index contributed by atoms with van der Waals surface area (Å²) in [5, 5.41) is 2.67. The smallest absolute Gasteiger partial charge is 0.242 e. The van der Waals surface area contributed by atoms with E-state index in [2.05, 4.69) is 26.0 Å². The van der Waals surface area contributed by atoms with Crippen LogP contribution in [0.2, 0.25) is 0 Å². The van der Waals surface area contributed by atoms with Gasteiger partial charge in [-0.25, -0.2) is 8.42 Å². The number of benzene rings is 2. The second-order valence-electron chi connectivity index (χ2n) is 5.15. The summed E-state index contributed by atoms with van der Waals surface area (Å²) >= 11 is 3.31. The zero-order valence-electron chi connectivity index (χ0n) is 12.7. The van der Waals surface area contributed by atoms with Crippen LogP contribution in [0.4, 0.5) is 5.69 Å². The van der Waals surface area contributed by atoms with Crippen LogP contribution in [0.1, 0.15) is 12.5 Å². The zero-order valence-corrected chi connectivity index (χ0v) is 15.1. The Hall–Kier alpha value is -1.70. The summed E-state index contributed by atoms with van der Waals surface area (Å²) < 4.78 is 27.8. The molecule has 0 fully saturated rings. The van der Waals surface area contributed by atoms with E-state index < -0.39 is 22.0 Å². The molecule has 2 aromatic carbocycles. The third kappa shape index (κ3) is 4.89. The number of nitrogens with one attached hydrogen (secondary N) is 2. The number of carbonyl (C=O) groups is 1. The average molecular weight is 397 g/mol. The van der Waals surface area contributed by atoms with Crippen molar-refractivity contribution in [3.05, 3.63) is 58.6 Å². The molecule has 2 N–H and O–H groups in total. The number of carbonyl (C=O) groups excluding carboxylic acids is 1. The molecule has 2 rings (SSSR count). The molecule has 0 aromatic heterocycles. The van der Waals surface area contributed by atoms with Crippen LogP contribution >= 0.6 is 15.9 Å². The Bertz CT molecular complexity index is 787. The minimum Gasteiger partial charge on any atom is -0.325 e. The molecule has 0 aliphatic heterocycles. The lowest BCUT2D eigenvalue weighted by molar-refractivity contribution is -0.117. The number of halogens is 1. The van der Waals surface area contributed by atoms with Crippen molar-refractivity contribution in [3.8, 4) is 0 Å². The van der Waals surface area contributed by atoms with Crippen LogP contribution in [-0.4, -0.2) is 20.4 Å². The number of anilines is 1. The highest BCUT2D eigenvalue weighted by atomic mass is 79.9. The molecule has 0 saturated heterocycles. The molecular formula is C16H17BrN2O3S. The highest BCUT2D eigenvalue weighted by Crippen LogP contribution is 2.15. The first-order valence-corrected chi connectivity index (χ1v) is 9.21. The Balaban J connectivity index is 2.05. The summed E-state index contributed by atoms with van der Waals surface area (Å²) in [7, 11) is -3.74. The van der Waals surface area contributed by atoms with Gasteiger partial charge in [-0.15, -0.1) is 0 Å². The maximum atomic E-state index is 12.3. The predicted molar refractivity (Wildman–Crippen MR) is 93.7 cm³/mol. The van der Waals surface area contributed by atoms with Gasteiger partial charge in [0.15, 0.2) is 0 Å². The number of sulfonamides is 1. The van der Waals surface area contributed by atoms with Gasteiger partial charge in [-0.05, 0) is 50.2 Å². The van der Waals surface area contributed by atoms with E-state index in [-0.39, 0.29) is 4.90 Å². The molecule has 122 valence electrons. The minimum absolute atomic E-state index is 0.131. The van der Waals surface area contributed by atoms with E-state index in [1.165, 1.54) is 19.1 Å².